The van der Waals surface area contributed by atoms with Gasteiger partial charge in [0.2, 0.25) is 0 Å². The summed E-state index contributed by atoms with van der Waals surface area (Å²) in [6.45, 7) is 2.91. The van der Waals surface area contributed by atoms with E-state index in [0.717, 1.165) is 24.0 Å². The molecule has 1 amide bonds. The van der Waals surface area contributed by atoms with Crippen LogP contribution in [-0.2, 0) is 0 Å². The third-order valence-electron chi connectivity index (χ3n) is 3.98. The highest BCUT2D eigenvalue weighted by molar-refractivity contribution is 5.96. The number of carbonyl (C=O) groups excluding carboxylic acids is 1. The van der Waals surface area contributed by atoms with Gasteiger partial charge in [-0.25, -0.2) is 0 Å². The predicted octanol–water partition coefficient (Wildman–Crippen LogP) is 1.15. The molecule has 1 fully saturated rings. The Morgan fingerprint density at radius 1 is 1.48 bits per heavy atom. The van der Waals surface area contributed by atoms with Crippen LogP contribution in [0.3, 0.4) is 0 Å². The van der Waals surface area contributed by atoms with E-state index in [-0.39, 0.29) is 12.0 Å². The van der Waals surface area contributed by atoms with Crippen molar-refractivity contribution in [2.24, 2.45) is 11.7 Å². The predicted molar refractivity (Wildman–Crippen MR) is 82.8 cm³/mol. The van der Waals surface area contributed by atoms with E-state index in [1.807, 2.05) is 32.2 Å². The maximum absolute atomic E-state index is 12.5. The monoisotopic (exact) mass is 286 g/mol. The third-order valence-corrected chi connectivity index (χ3v) is 3.98. The van der Waals surface area contributed by atoms with E-state index in [9.17, 15) is 9.90 Å². The van der Waals surface area contributed by atoms with E-state index in [1.165, 1.54) is 0 Å². The molecule has 0 heterocycles. The Kier molecular flexibility index (Phi) is 5.00. The number of carbonyl (C=O) groups is 1. The van der Waals surface area contributed by atoms with Crippen LogP contribution in [0.25, 0.3) is 0 Å². The molecule has 0 saturated heterocycles. The van der Waals surface area contributed by atoms with Crippen molar-refractivity contribution < 1.29 is 9.90 Å². The topological polar surface area (TPSA) is 66.6 Å². The highest BCUT2D eigenvalue weighted by Crippen LogP contribution is 2.28. The Bertz CT molecular complexity index is 580. The van der Waals surface area contributed by atoms with Gasteiger partial charge in [0.15, 0.2) is 0 Å². The molecule has 0 atom stereocenters. The molecule has 0 spiro atoms. The molecule has 1 aromatic carbocycles. The fraction of sp³-hybridized carbons (Fsp3) is 0.471. The number of benzene rings is 1. The van der Waals surface area contributed by atoms with Crippen LogP contribution in [0.5, 0.6) is 0 Å². The summed E-state index contributed by atoms with van der Waals surface area (Å²) in [5.41, 5.74) is 7.81. The van der Waals surface area contributed by atoms with Crippen molar-refractivity contribution >= 4 is 5.91 Å². The Morgan fingerprint density at radius 2 is 2.19 bits per heavy atom. The van der Waals surface area contributed by atoms with E-state index >= 15 is 0 Å². The molecular formula is C17H22N2O2. The van der Waals surface area contributed by atoms with Crippen molar-refractivity contribution in [1.82, 2.24) is 4.90 Å². The largest absolute Gasteiger partial charge is 0.393 e. The molecule has 1 aliphatic rings. The van der Waals surface area contributed by atoms with Gasteiger partial charge in [0.1, 0.15) is 0 Å². The number of hydrogen-bond donors (Lipinski definition) is 2. The summed E-state index contributed by atoms with van der Waals surface area (Å²) in [4.78, 5) is 14.3. The lowest BCUT2D eigenvalue weighted by molar-refractivity contribution is 0.0265. The molecule has 112 valence electrons. The third kappa shape index (κ3) is 3.63. The number of rotatable bonds is 3. The van der Waals surface area contributed by atoms with Crippen LogP contribution in [0.4, 0.5) is 0 Å². The molecule has 0 aromatic heterocycles. The van der Waals surface area contributed by atoms with Gasteiger partial charge in [-0.2, -0.15) is 0 Å². The lowest BCUT2D eigenvalue weighted by atomic mass is 9.82. The molecule has 4 nitrogen and oxygen atoms in total. The fourth-order valence-corrected chi connectivity index (χ4v) is 2.67. The van der Waals surface area contributed by atoms with Crippen molar-refractivity contribution in [2.75, 3.05) is 20.1 Å². The van der Waals surface area contributed by atoms with Crippen LogP contribution < -0.4 is 5.73 Å². The van der Waals surface area contributed by atoms with Crippen molar-refractivity contribution in [3.8, 4) is 11.8 Å². The number of hydrogen-bond acceptors (Lipinski definition) is 3. The van der Waals surface area contributed by atoms with Crippen LogP contribution >= 0.6 is 0 Å². The van der Waals surface area contributed by atoms with Gasteiger partial charge < -0.3 is 15.7 Å². The number of aliphatic hydroxyl groups excluding tert-OH is 1. The van der Waals surface area contributed by atoms with Gasteiger partial charge in [0.25, 0.3) is 5.91 Å². The SMILES string of the molecule is Cc1c(C#CCN)cccc1C(=O)N(C)CC1CC(O)C1. The molecule has 0 bridgehead atoms. The Balaban J connectivity index is 2.11. The van der Waals surface area contributed by atoms with Crippen molar-refractivity contribution in [1.29, 1.82) is 0 Å². The smallest absolute Gasteiger partial charge is 0.253 e. The molecule has 1 saturated carbocycles. The van der Waals surface area contributed by atoms with Crippen LogP contribution in [0.15, 0.2) is 18.2 Å². The average molecular weight is 286 g/mol. The zero-order chi connectivity index (χ0) is 15.4. The maximum Gasteiger partial charge on any atom is 0.253 e. The van der Waals surface area contributed by atoms with Gasteiger partial charge >= 0.3 is 0 Å². The molecule has 0 aliphatic heterocycles. The lowest BCUT2D eigenvalue weighted by Crippen LogP contribution is -2.39. The summed E-state index contributed by atoms with van der Waals surface area (Å²) in [6.07, 6.45) is 1.40. The standard InChI is InChI=1S/C17H22N2O2/c1-12-14(6-4-8-18)5-3-7-16(12)17(21)19(2)11-13-9-15(20)10-13/h3,5,7,13,15,20H,8-11,18H2,1-2H3. The van der Waals surface area contributed by atoms with Gasteiger partial charge in [0.05, 0.1) is 12.6 Å². The normalized spacial score (nSPS) is 20.2. The molecule has 1 aromatic rings. The van der Waals surface area contributed by atoms with Crippen LogP contribution in [0.1, 0.15) is 34.3 Å². The molecule has 1 aliphatic carbocycles. The number of nitrogens with zero attached hydrogens (tertiary/aromatic N) is 1. The van der Waals surface area contributed by atoms with Gasteiger partial charge in [-0.3, -0.25) is 4.79 Å². The molecule has 2 rings (SSSR count). The van der Waals surface area contributed by atoms with Crippen molar-refractivity contribution in [3.63, 3.8) is 0 Å². The highest BCUT2D eigenvalue weighted by atomic mass is 16.3. The summed E-state index contributed by atoms with van der Waals surface area (Å²) < 4.78 is 0. The number of nitrogens with two attached hydrogens (primary N) is 1. The zero-order valence-corrected chi connectivity index (χ0v) is 12.6. The first kappa shape index (κ1) is 15.6. The minimum Gasteiger partial charge on any atom is -0.393 e. The summed E-state index contributed by atoms with van der Waals surface area (Å²) in [7, 11) is 1.81. The molecular weight excluding hydrogens is 264 g/mol. The van der Waals surface area contributed by atoms with Gasteiger partial charge in [0, 0.05) is 24.7 Å². The van der Waals surface area contributed by atoms with E-state index in [0.29, 0.717) is 24.6 Å². The lowest BCUT2D eigenvalue weighted by Gasteiger charge is -2.34. The first-order chi connectivity index (χ1) is 10.0. The average Bonchev–Trinajstić information content (AvgIpc) is 2.43. The molecule has 0 radical (unpaired) electrons. The van der Waals surface area contributed by atoms with Crippen LogP contribution in [-0.4, -0.2) is 42.2 Å². The summed E-state index contributed by atoms with van der Waals surface area (Å²) >= 11 is 0. The molecule has 3 N–H and O–H groups in total. The van der Waals surface area contributed by atoms with Gasteiger partial charge in [-0.05, 0) is 43.4 Å². The minimum absolute atomic E-state index is 0.00490. The van der Waals surface area contributed by atoms with E-state index in [1.54, 1.807) is 4.90 Å². The summed E-state index contributed by atoms with van der Waals surface area (Å²) in [5.74, 6) is 6.23. The highest BCUT2D eigenvalue weighted by Gasteiger charge is 2.29. The summed E-state index contributed by atoms with van der Waals surface area (Å²) in [5, 5.41) is 9.32. The second-order valence-corrected chi connectivity index (χ2v) is 5.66. The van der Waals surface area contributed by atoms with Gasteiger partial charge in [-0.15, -0.1) is 0 Å². The zero-order valence-electron chi connectivity index (χ0n) is 12.6. The molecule has 4 heteroatoms. The van der Waals surface area contributed by atoms with E-state index in [4.69, 9.17) is 5.73 Å². The van der Waals surface area contributed by atoms with Crippen LogP contribution in [0, 0.1) is 24.7 Å². The van der Waals surface area contributed by atoms with Crippen molar-refractivity contribution in [2.45, 2.75) is 25.9 Å². The molecule has 0 unspecified atom stereocenters. The first-order valence-electron chi connectivity index (χ1n) is 7.25. The van der Waals surface area contributed by atoms with Crippen LogP contribution in [0.2, 0.25) is 0 Å². The van der Waals surface area contributed by atoms with E-state index < -0.39 is 0 Å². The summed E-state index contributed by atoms with van der Waals surface area (Å²) in [6, 6.07) is 5.58. The second kappa shape index (κ2) is 6.75. The Morgan fingerprint density at radius 3 is 2.81 bits per heavy atom. The molecule has 21 heavy (non-hydrogen) atoms. The quantitative estimate of drug-likeness (QED) is 0.819. The Hall–Kier alpha value is -1.83. The Labute approximate surface area is 125 Å². The second-order valence-electron chi connectivity index (χ2n) is 5.66. The fourth-order valence-electron chi connectivity index (χ4n) is 2.67. The number of amides is 1. The van der Waals surface area contributed by atoms with Gasteiger partial charge in [-0.1, -0.05) is 17.9 Å². The first-order valence-corrected chi connectivity index (χ1v) is 7.25. The van der Waals surface area contributed by atoms with E-state index in [2.05, 4.69) is 11.8 Å². The number of aliphatic hydroxyl groups is 1. The minimum atomic E-state index is -0.185. The maximum atomic E-state index is 12.5. The van der Waals surface area contributed by atoms with Crippen molar-refractivity contribution in [3.05, 3.63) is 34.9 Å².